The molecular formula is C10H20Si. The van der Waals surface area contributed by atoms with Crippen molar-refractivity contribution in [2.45, 2.75) is 62.7 Å². The minimum Gasteiger partial charge on any atom is -0.0571 e. The van der Waals surface area contributed by atoms with Crippen LogP contribution in [0.15, 0.2) is 0 Å². The van der Waals surface area contributed by atoms with Crippen molar-refractivity contribution in [1.82, 2.24) is 0 Å². The Morgan fingerprint density at radius 3 is 1.27 bits per heavy atom. The van der Waals surface area contributed by atoms with Gasteiger partial charge in [0, 0.05) is 0 Å². The topological polar surface area (TPSA) is 0 Å². The van der Waals surface area contributed by atoms with Gasteiger partial charge in [-0.15, -0.1) is 0 Å². The number of hydrogen-bond donors (Lipinski definition) is 0. The molecular weight excluding hydrogens is 148 g/mol. The molecule has 0 atom stereocenters. The van der Waals surface area contributed by atoms with Gasteiger partial charge in [-0.3, -0.25) is 0 Å². The Kier molecular flexibility index (Phi) is 2.35. The predicted octanol–water partition coefficient (Wildman–Crippen LogP) is 3.80. The van der Waals surface area contributed by atoms with Crippen LogP contribution in [0.1, 0.15) is 38.5 Å². The van der Waals surface area contributed by atoms with E-state index in [9.17, 15) is 0 Å². The van der Waals surface area contributed by atoms with Crippen molar-refractivity contribution in [3.05, 3.63) is 0 Å². The molecule has 0 radical (unpaired) electrons. The van der Waals surface area contributed by atoms with Crippen LogP contribution in [0.4, 0.5) is 0 Å². The van der Waals surface area contributed by atoms with Crippen molar-refractivity contribution in [2.75, 3.05) is 0 Å². The average molecular weight is 168 g/mol. The molecule has 0 amide bonds. The van der Waals surface area contributed by atoms with Crippen LogP contribution in [0, 0.1) is 0 Å². The molecule has 1 heteroatoms. The highest BCUT2D eigenvalue weighted by Crippen LogP contribution is 2.40. The van der Waals surface area contributed by atoms with Crippen LogP contribution in [-0.2, 0) is 0 Å². The molecule has 0 aliphatic carbocycles. The molecule has 0 bridgehead atoms. The van der Waals surface area contributed by atoms with Crippen LogP contribution in [0.2, 0.25) is 24.2 Å². The first-order valence-electron chi connectivity index (χ1n) is 5.41. The third kappa shape index (κ3) is 1.69. The lowest BCUT2D eigenvalue weighted by Crippen LogP contribution is -2.28. The van der Waals surface area contributed by atoms with Gasteiger partial charge >= 0.3 is 0 Å². The zero-order valence-corrected chi connectivity index (χ0v) is 8.57. The van der Waals surface area contributed by atoms with Gasteiger partial charge in [0.1, 0.15) is 0 Å². The standard InChI is InChI=1S/C10H20Si/c1-2-4-8-11(7-3-1)9-5-6-10-11/h1-10H2. The van der Waals surface area contributed by atoms with E-state index in [0.717, 1.165) is 0 Å². The molecule has 0 nitrogen and oxygen atoms in total. The quantitative estimate of drug-likeness (QED) is 0.483. The lowest BCUT2D eigenvalue weighted by atomic mass is 10.2. The highest BCUT2D eigenvalue weighted by molar-refractivity contribution is 6.80. The summed E-state index contributed by atoms with van der Waals surface area (Å²) in [6.45, 7) is 0. The fourth-order valence-corrected chi connectivity index (χ4v) is 8.60. The SMILES string of the molecule is C1CCC[Si]2(CC1)CCCC2. The van der Waals surface area contributed by atoms with Crippen LogP contribution in [-0.4, -0.2) is 8.07 Å². The summed E-state index contributed by atoms with van der Waals surface area (Å²) in [5.74, 6) is 0. The summed E-state index contributed by atoms with van der Waals surface area (Å²) < 4.78 is 0. The minimum absolute atomic E-state index is 0.570. The highest BCUT2D eigenvalue weighted by atomic mass is 28.3. The van der Waals surface area contributed by atoms with Crippen molar-refractivity contribution in [1.29, 1.82) is 0 Å². The monoisotopic (exact) mass is 168 g/mol. The summed E-state index contributed by atoms with van der Waals surface area (Å²) in [6.07, 6.45) is 9.46. The van der Waals surface area contributed by atoms with Gasteiger partial charge < -0.3 is 0 Å². The maximum absolute atomic E-state index is 1.70. The normalized spacial score (nSPS) is 30.5. The molecule has 2 heterocycles. The molecule has 0 unspecified atom stereocenters. The molecule has 2 aliphatic heterocycles. The second kappa shape index (κ2) is 3.30. The summed E-state index contributed by atoms with van der Waals surface area (Å²) in [5, 5.41) is 0. The summed E-state index contributed by atoms with van der Waals surface area (Å²) >= 11 is 0. The second-order valence-corrected chi connectivity index (χ2v) is 9.62. The average Bonchev–Trinajstić information content (AvgIpc) is 2.32. The molecule has 0 aromatic carbocycles. The Morgan fingerprint density at radius 2 is 0.818 bits per heavy atom. The van der Waals surface area contributed by atoms with Crippen LogP contribution < -0.4 is 0 Å². The number of rotatable bonds is 0. The summed E-state index contributed by atoms with van der Waals surface area (Å²) in [6, 6.07) is 6.81. The van der Waals surface area contributed by atoms with E-state index in [4.69, 9.17) is 0 Å². The summed E-state index contributed by atoms with van der Waals surface area (Å²) in [7, 11) is -0.570. The maximum Gasteiger partial charge on any atom is 0.0535 e. The lowest BCUT2D eigenvalue weighted by molar-refractivity contribution is 0.720. The molecule has 2 aliphatic rings. The summed E-state index contributed by atoms with van der Waals surface area (Å²) in [5.41, 5.74) is 0. The van der Waals surface area contributed by atoms with Crippen molar-refractivity contribution in [3.63, 3.8) is 0 Å². The molecule has 1 spiro atoms. The molecule has 2 fully saturated rings. The smallest absolute Gasteiger partial charge is 0.0535 e. The van der Waals surface area contributed by atoms with Crippen molar-refractivity contribution in [3.8, 4) is 0 Å². The fourth-order valence-electron chi connectivity index (χ4n) is 3.10. The van der Waals surface area contributed by atoms with Gasteiger partial charge in [-0.25, -0.2) is 0 Å². The first-order valence-corrected chi connectivity index (χ1v) is 8.24. The van der Waals surface area contributed by atoms with Crippen molar-refractivity contribution >= 4 is 8.07 Å². The third-order valence-corrected chi connectivity index (χ3v) is 9.49. The Hall–Kier alpha value is 0.217. The maximum atomic E-state index is 1.70. The fraction of sp³-hybridized carbons (Fsp3) is 1.00. The predicted molar refractivity (Wildman–Crippen MR) is 52.7 cm³/mol. The Balaban J connectivity index is 1.97. The van der Waals surface area contributed by atoms with Gasteiger partial charge in [-0.05, 0) is 0 Å². The van der Waals surface area contributed by atoms with E-state index in [1.54, 1.807) is 62.7 Å². The first-order chi connectivity index (χ1) is 5.41. The Labute approximate surface area is 71.4 Å². The largest absolute Gasteiger partial charge is 0.0571 e. The highest BCUT2D eigenvalue weighted by Gasteiger charge is 2.35. The van der Waals surface area contributed by atoms with Gasteiger partial charge in [0.05, 0.1) is 8.07 Å². The molecule has 2 rings (SSSR count). The minimum atomic E-state index is -0.570. The first kappa shape index (κ1) is 7.84. The zero-order chi connectivity index (χ0) is 7.57. The molecule has 0 N–H and O–H groups in total. The Morgan fingerprint density at radius 1 is 0.455 bits per heavy atom. The van der Waals surface area contributed by atoms with E-state index in [2.05, 4.69) is 0 Å². The molecule has 0 aromatic heterocycles. The van der Waals surface area contributed by atoms with Crippen LogP contribution in [0.3, 0.4) is 0 Å². The van der Waals surface area contributed by atoms with Gasteiger partial charge in [0.25, 0.3) is 0 Å². The van der Waals surface area contributed by atoms with Gasteiger partial charge in [-0.1, -0.05) is 62.7 Å². The van der Waals surface area contributed by atoms with Crippen LogP contribution in [0.5, 0.6) is 0 Å². The van der Waals surface area contributed by atoms with Crippen molar-refractivity contribution < 1.29 is 0 Å². The molecule has 0 saturated carbocycles. The van der Waals surface area contributed by atoms with Crippen LogP contribution in [0.25, 0.3) is 0 Å². The van der Waals surface area contributed by atoms with E-state index in [1.807, 2.05) is 0 Å². The molecule has 0 aromatic rings. The molecule has 2 saturated heterocycles. The van der Waals surface area contributed by atoms with E-state index in [1.165, 1.54) is 0 Å². The van der Waals surface area contributed by atoms with Gasteiger partial charge in [0.15, 0.2) is 0 Å². The lowest BCUT2D eigenvalue weighted by Gasteiger charge is -2.23. The molecule has 64 valence electrons. The van der Waals surface area contributed by atoms with E-state index in [0.29, 0.717) is 0 Å². The van der Waals surface area contributed by atoms with Crippen LogP contribution >= 0.6 is 0 Å². The second-order valence-electron chi connectivity index (χ2n) is 4.62. The Bertz CT molecular complexity index is 115. The van der Waals surface area contributed by atoms with E-state index < -0.39 is 8.07 Å². The van der Waals surface area contributed by atoms with Crippen molar-refractivity contribution in [2.24, 2.45) is 0 Å². The third-order valence-electron chi connectivity index (χ3n) is 3.83. The summed E-state index contributed by atoms with van der Waals surface area (Å²) in [4.78, 5) is 0. The molecule has 11 heavy (non-hydrogen) atoms. The number of hydrogen-bond acceptors (Lipinski definition) is 0. The van der Waals surface area contributed by atoms with Gasteiger partial charge in [0.2, 0.25) is 0 Å². The zero-order valence-electron chi connectivity index (χ0n) is 7.57. The van der Waals surface area contributed by atoms with E-state index in [-0.39, 0.29) is 0 Å². The van der Waals surface area contributed by atoms with Gasteiger partial charge in [-0.2, -0.15) is 0 Å². The van der Waals surface area contributed by atoms with E-state index >= 15 is 0 Å².